The number of carbonyl (C=O) groups excluding carboxylic acids is 2. The summed E-state index contributed by atoms with van der Waals surface area (Å²) >= 11 is 0. The molecule has 2 amide bonds. The maximum Gasteiger partial charge on any atom is 0.253 e. The largest absolute Gasteiger partial charge is 0.353 e. The molecule has 1 saturated heterocycles. The number of hydrogen-bond donors (Lipinski definition) is 1. The number of rotatable bonds is 3. The first kappa shape index (κ1) is 17.3. The Morgan fingerprint density at radius 1 is 0.889 bits per heavy atom. The summed E-state index contributed by atoms with van der Waals surface area (Å²) in [6, 6.07) is 9.73. The number of piperidine rings is 1. The first-order valence-corrected chi connectivity index (χ1v) is 10.8. The third-order valence-corrected chi connectivity index (χ3v) is 7.66. The van der Waals surface area contributed by atoms with Crippen molar-refractivity contribution in [3.8, 4) is 0 Å². The lowest BCUT2D eigenvalue weighted by Crippen LogP contribution is -2.56. The third kappa shape index (κ3) is 3.17. The molecule has 0 spiro atoms. The minimum absolute atomic E-state index is 0.0637. The van der Waals surface area contributed by atoms with Crippen LogP contribution in [0.25, 0.3) is 0 Å². The van der Waals surface area contributed by atoms with E-state index in [1.165, 1.54) is 19.3 Å². The number of nitrogens with zero attached hydrogens (tertiary/aromatic N) is 1. The highest BCUT2D eigenvalue weighted by molar-refractivity contribution is 5.94. The molecule has 144 valence electrons. The van der Waals surface area contributed by atoms with Gasteiger partial charge in [-0.1, -0.05) is 18.2 Å². The smallest absolute Gasteiger partial charge is 0.253 e. The van der Waals surface area contributed by atoms with E-state index in [1.54, 1.807) is 0 Å². The first-order chi connectivity index (χ1) is 13.1. The number of amides is 2. The van der Waals surface area contributed by atoms with E-state index in [-0.39, 0.29) is 17.4 Å². The van der Waals surface area contributed by atoms with Crippen LogP contribution in [0.1, 0.15) is 61.7 Å². The van der Waals surface area contributed by atoms with E-state index in [1.807, 2.05) is 35.2 Å². The van der Waals surface area contributed by atoms with Gasteiger partial charge in [-0.15, -0.1) is 0 Å². The van der Waals surface area contributed by atoms with Crippen molar-refractivity contribution in [3.05, 3.63) is 35.9 Å². The fourth-order valence-electron chi connectivity index (χ4n) is 6.72. The van der Waals surface area contributed by atoms with Crippen LogP contribution >= 0.6 is 0 Å². The number of hydrogen-bond acceptors (Lipinski definition) is 2. The molecular formula is C23H30N2O2. The maximum absolute atomic E-state index is 13.2. The molecule has 1 aliphatic heterocycles. The Balaban J connectivity index is 1.18. The average Bonchev–Trinajstić information content (AvgIpc) is 2.68. The molecule has 0 atom stereocenters. The summed E-state index contributed by atoms with van der Waals surface area (Å²) in [7, 11) is 0. The number of benzene rings is 1. The molecule has 0 aromatic heterocycles. The van der Waals surface area contributed by atoms with Crippen molar-refractivity contribution in [1.29, 1.82) is 0 Å². The van der Waals surface area contributed by atoms with Gasteiger partial charge in [0.25, 0.3) is 5.91 Å². The first-order valence-electron chi connectivity index (χ1n) is 10.8. The summed E-state index contributed by atoms with van der Waals surface area (Å²) in [6.07, 6.45) is 9.21. The Kier molecular flexibility index (Phi) is 4.25. The van der Waals surface area contributed by atoms with Crippen molar-refractivity contribution in [2.75, 3.05) is 13.1 Å². The molecule has 1 aromatic carbocycles. The quantitative estimate of drug-likeness (QED) is 0.888. The summed E-state index contributed by atoms with van der Waals surface area (Å²) in [6.45, 7) is 1.47. The fourth-order valence-corrected chi connectivity index (χ4v) is 6.72. The molecule has 4 heteroatoms. The van der Waals surface area contributed by atoms with E-state index < -0.39 is 0 Å². The van der Waals surface area contributed by atoms with Crippen LogP contribution in [0.3, 0.4) is 0 Å². The zero-order valence-corrected chi connectivity index (χ0v) is 16.0. The standard InChI is InChI=1S/C23H30N2O2/c26-21(19-4-2-1-3-5-19)25-8-6-20(7-9-25)24-22(27)23-13-16-10-17(14-23)12-18(11-16)15-23/h1-5,16-18,20H,6-15H2,(H,24,27). The molecule has 1 aromatic rings. The van der Waals surface area contributed by atoms with E-state index in [9.17, 15) is 9.59 Å². The van der Waals surface area contributed by atoms with Crippen LogP contribution in [-0.4, -0.2) is 35.8 Å². The van der Waals surface area contributed by atoms with Gasteiger partial charge in [0, 0.05) is 30.1 Å². The second kappa shape index (κ2) is 6.65. The van der Waals surface area contributed by atoms with Gasteiger partial charge in [-0.25, -0.2) is 0 Å². The van der Waals surface area contributed by atoms with Crippen LogP contribution < -0.4 is 5.32 Å². The molecule has 4 aliphatic carbocycles. The van der Waals surface area contributed by atoms with E-state index in [0.29, 0.717) is 5.91 Å². The zero-order chi connectivity index (χ0) is 18.4. The zero-order valence-electron chi connectivity index (χ0n) is 16.0. The van der Waals surface area contributed by atoms with Crippen molar-refractivity contribution in [2.45, 2.75) is 57.4 Å². The monoisotopic (exact) mass is 366 g/mol. The highest BCUT2D eigenvalue weighted by Gasteiger charge is 2.54. The van der Waals surface area contributed by atoms with Crippen molar-refractivity contribution in [2.24, 2.45) is 23.2 Å². The van der Waals surface area contributed by atoms with Crippen LogP contribution in [0, 0.1) is 23.2 Å². The van der Waals surface area contributed by atoms with Crippen LogP contribution in [0.2, 0.25) is 0 Å². The van der Waals surface area contributed by atoms with Crippen LogP contribution in [-0.2, 0) is 4.79 Å². The van der Waals surface area contributed by atoms with Gasteiger partial charge in [-0.2, -0.15) is 0 Å². The molecule has 4 bridgehead atoms. The Hall–Kier alpha value is -1.84. The summed E-state index contributed by atoms with van der Waals surface area (Å²) in [5.74, 6) is 2.84. The van der Waals surface area contributed by atoms with Gasteiger partial charge in [0.05, 0.1) is 0 Å². The summed E-state index contributed by atoms with van der Waals surface area (Å²) in [4.78, 5) is 27.7. The third-order valence-electron chi connectivity index (χ3n) is 7.66. The van der Waals surface area contributed by atoms with E-state index in [4.69, 9.17) is 0 Å². The molecule has 5 aliphatic rings. The minimum atomic E-state index is -0.0637. The van der Waals surface area contributed by atoms with Crippen molar-refractivity contribution >= 4 is 11.8 Å². The predicted molar refractivity (Wildman–Crippen MR) is 104 cm³/mol. The molecule has 1 heterocycles. The molecule has 0 radical (unpaired) electrons. The number of carbonyl (C=O) groups is 2. The fraction of sp³-hybridized carbons (Fsp3) is 0.652. The Morgan fingerprint density at radius 3 is 2.00 bits per heavy atom. The second-order valence-corrected chi connectivity index (χ2v) is 9.60. The lowest BCUT2D eigenvalue weighted by atomic mass is 9.49. The maximum atomic E-state index is 13.2. The molecular weight excluding hydrogens is 336 g/mol. The van der Waals surface area contributed by atoms with Crippen LogP contribution in [0.15, 0.2) is 30.3 Å². The van der Waals surface area contributed by atoms with E-state index in [0.717, 1.165) is 68.5 Å². The summed E-state index contributed by atoms with van der Waals surface area (Å²) in [5, 5.41) is 3.40. The SMILES string of the molecule is O=C(c1ccccc1)N1CCC(NC(=O)C23CC4CC(CC(C4)C2)C3)CC1. The molecule has 1 N–H and O–H groups in total. The van der Waals surface area contributed by atoms with Gasteiger partial charge < -0.3 is 10.2 Å². The average molecular weight is 367 g/mol. The predicted octanol–water partition coefficient (Wildman–Crippen LogP) is 3.62. The van der Waals surface area contributed by atoms with Gasteiger partial charge >= 0.3 is 0 Å². The topological polar surface area (TPSA) is 49.4 Å². The Labute approximate surface area is 161 Å². The van der Waals surface area contributed by atoms with Crippen molar-refractivity contribution in [1.82, 2.24) is 10.2 Å². The molecule has 6 rings (SSSR count). The number of nitrogens with one attached hydrogen (secondary N) is 1. The van der Waals surface area contributed by atoms with Gasteiger partial charge in [0.15, 0.2) is 0 Å². The van der Waals surface area contributed by atoms with Gasteiger partial charge in [-0.3, -0.25) is 9.59 Å². The summed E-state index contributed by atoms with van der Waals surface area (Å²) < 4.78 is 0. The lowest BCUT2D eigenvalue weighted by Gasteiger charge is -2.56. The Bertz CT molecular complexity index is 686. The van der Waals surface area contributed by atoms with Crippen LogP contribution in [0.4, 0.5) is 0 Å². The van der Waals surface area contributed by atoms with Crippen LogP contribution in [0.5, 0.6) is 0 Å². The molecule has 5 fully saturated rings. The molecule has 27 heavy (non-hydrogen) atoms. The number of likely N-dealkylation sites (tertiary alicyclic amines) is 1. The minimum Gasteiger partial charge on any atom is -0.353 e. The molecule has 4 saturated carbocycles. The normalized spacial score (nSPS) is 35.3. The van der Waals surface area contributed by atoms with E-state index >= 15 is 0 Å². The van der Waals surface area contributed by atoms with Gasteiger partial charge in [-0.05, 0) is 81.3 Å². The van der Waals surface area contributed by atoms with Gasteiger partial charge in [0.2, 0.25) is 5.91 Å². The van der Waals surface area contributed by atoms with Gasteiger partial charge in [0.1, 0.15) is 0 Å². The molecule has 4 nitrogen and oxygen atoms in total. The summed E-state index contributed by atoms with van der Waals surface area (Å²) in [5.41, 5.74) is 0.694. The van der Waals surface area contributed by atoms with Crippen molar-refractivity contribution in [3.63, 3.8) is 0 Å². The highest BCUT2D eigenvalue weighted by atomic mass is 16.2. The van der Waals surface area contributed by atoms with Crippen molar-refractivity contribution < 1.29 is 9.59 Å². The lowest BCUT2D eigenvalue weighted by molar-refractivity contribution is -0.147. The Morgan fingerprint density at radius 2 is 1.44 bits per heavy atom. The molecule has 0 unspecified atom stereocenters. The van der Waals surface area contributed by atoms with E-state index in [2.05, 4.69) is 5.32 Å². The second-order valence-electron chi connectivity index (χ2n) is 9.60. The highest BCUT2D eigenvalue weighted by Crippen LogP contribution is 2.60.